The summed E-state index contributed by atoms with van der Waals surface area (Å²) in [6.07, 6.45) is 0. The largest absolute Gasteiger partial charge is 0.454 e. The summed E-state index contributed by atoms with van der Waals surface area (Å²) < 4.78 is 10.5. The fourth-order valence-electron chi connectivity index (χ4n) is 2.37. The number of carbonyl (C=O) groups excluding carboxylic acids is 1. The van der Waals surface area contributed by atoms with Crippen LogP contribution in [-0.2, 0) is 0 Å². The van der Waals surface area contributed by atoms with Crippen LogP contribution in [0.1, 0.15) is 28.9 Å². The van der Waals surface area contributed by atoms with Gasteiger partial charge in [-0.2, -0.15) is 0 Å². The molecule has 0 spiro atoms. The maximum Gasteiger partial charge on any atom is 0.282 e. The molecule has 7 heteroatoms. The third-order valence-electron chi connectivity index (χ3n) is 3.59. The Morgan fingerprint density at radius 2 is 1.96 bits per heavy atom. The summed E-state index contributed by atoms with van der Waals surface area (Å²) in [5.74, 6) is 0.780. The van der Waals surface area contributed by atoms with Crippen LogP contribution in [0, 0.1) is 10.1 Å². The highest BCUT2D eigenvalue weighted by atomic mass is 16.7. The summed E-state index contributed by atoms with van der Waals surface area (Å²) in [5.41, 5.74) is 0.633. The quantitative estimate of drug-likeness (QED) is 0.692. The van der Waals surface area contributed by atoms with Crippen LogP contribution in [0.4, 0.5) is 5.69 Å². The molecule has 3 rings (SSSR count). The van der Waals surface area contributed by atoms with Crippen LogP contribution in [0.15, 0.2) is 42.5 Å². The smallest absolute Gasteiger partial charge is 0.282 e. The molecule has 1 N–H and O–H groups in total. The summed E-state index contributed by atoms with van der Waals surface area (Å²) in [6.45, 7) is 1.97. The molecule has 0 radical (unpaired) electrons. The molecule has 2 aromatic carbocycles. The molecule has 23 heavy (non-hydrogen) atoms. The minimum absolute atomic E-state index is 0.0325. The van der Waals surface area contributed by atoms with Gasteiger partial charge in [0.25, 0.3) is 11.6 Å². The van der Waals surface area contributed by atoms with Crippen molar-refractivity contribution < 1.29 is 19.2 Å². The van der Waals surface area contributed by atoms with Crippen molar-refractivity contribution in [1.82, 2.24) is 5.32 Å². The molecular formula is C16H14N2O5. The van der Waals surface area contributed by atoms with Crippen LogP contribution in [0.25, 0.3) is 0 Å². The minimum Gasteiger partial charge on any atom is -0.454 e. The number of ether oxygens (including phenoxy) is 2. The SMILES string of the molecule is CC(NC(=O)c1ccccc1[N+](=O)[O-])c1ccc2c(c1)OCO2. The van der Waals surface area contributed by atoms with Crippen molar-refractivity contribution in [3.8, 4) is 11.5 Å². The molecular weight excluding hydrogens is 300 g/mol. The molecule has 0 bridgehead atoms. The van der Waals surface area contributed by atoms with Gasteiger partial charge < -0.3 is 14.8 Å². The van der Waals surface area contributed by atoms with Crippen molar-refractivity contribution in [2.24, 2.45) is 0 Å². The number of nitro groups is 1. The first-order chi connectivity index (χ1) is 11.1. The van der Waals surface area contributed by atoms with E-state index in [1.54, 1.807) is 25.1 Å². The highest BCUT2D eigenvalue weighted by Crippen LogP contribution is 2.34. The summed E-state index contributed by atoms with van der Waals surface area (Å²) >= 11 is 0. The second-order valence-corrected chi connectivity index (χ2v) is 5.08. The molecule has 0 saturated heterocycles. The molecule has 1 unspecified atom stereocenters. The third kappa shape index (κ3) is 2.94. The number of para-hydroxylation sites is 1. The van der Waals surface area contributed by atoms with Gasteiger partial charge in [-0.3, -0.25) is 14.9 Å². The number of nitrogens with zero attached hydrogens (tertiary/aromatic N) is 1. The molecule has 118 valence electrons. The highest BCUT2D eigenvalue weighted by molar-refractivity contribution is 5.98. The summed E-state index contributed by atoms with van der Waals surface area (Å²) in [7, 11) is 0. The van der Waals surface area contributed by atoms with Gasteiger partial charge in [0.15, 0.2) is 11.5 Å². The van der Waals surface area contributed by atoms with E-state index in [-0.39, 0.29) is 24.1 Å². The first-order valence-electron chi connectivity index (χ1n) is 7.00. The summed E-state index contributed by atoms with van der Waals surface area (Å²) in [4.78, 5) is 22.8. The molecule has 0 aromatic heterocycles. The fraction of sp³-hybridized carbons (Fsp3) is 0.188. The average Bonchev–Trinajstić information content (AvgIpc) is 3.02. The Bertz CT molecular complexity index is 775. The lowest BCUT2D eigenvalue weighted by molar-refractivity contribution is -0.385. The van der Waals surface area contributed by atoms with Crippen molar-refractivity contribution >= 4 is 11.6 Å². The summed E-state index contributed by atoms with van der Waals surface area (Å²) in [5, 5.41) is 13.8. The van der Waals surface area contributed by atoms with Crippen molar-refractivity contribution in [3.63, 3.8) is 0 Å². The van der Waals surface area contributed by atoms with E-state index >= 15 is 0 Å². The van der Waals surface area contributed by atoms with Gasteiger partial charge >= 0.3 is 0 Å². The van der Waals surface area contributed by atoms with Gasteiger partial charge in [-0.05, 0) is 30.7 Å². The monoisotopic (exact) mass is 314 g/mol. The number of amides is 1. The van der Waals surface area contributed by atoms with Crippen molar-refractivity contribution in [3.05, 3.63) is 63.7 Å². The zero-order valence-corrected chi connectivity index (χ0v) is 12.3. The van der Waals surface area contributed by atoms with Gasteiger partial charge in [0, 0.05) is 6.07 Å². The van der Waals surface area contributed by atoms with Gasteiger partial charge in [-0.1, -0.05) is 18.2 Å². The molecule has 1 aliphatic rings. The lowest BCUT2D eigenvalue weighted by Crippen LogP contribution is -2.27. The number of hydrogen-bond acceptors (Lipinski definition) is 5. The van der Waals surface area contributed by atoms with Crippen molar-refractivity contribution in [2.45, 2.75) is 13.0 Å². The Hall–Kier alpha value is -3.09. The molecule has 1 heterocycles. The molecule has 1 atom stereocenters. The Balaban J connectivity index is 1.79. The third-order valence-corrected chi connectivity index (χ3v) is 3.59. The van der Waals surface area contributed by atoms with Crippen LogP contribution in [0.3, 0.4) is 0 Å². The number of carbonyl (C=O) groups is 1. The predicted molar refractivity (Wildman–Crippen MR) is 81.5 cm³/mol. The second kappa shape index (κ2) is 5.96. The fourth-order valence-corrected chi connectivity index (χ4v) is 2.37. The first kappa shape index (κ1) is 14.8. The van der Waals surface area contributed by atoms with Gasteiger partial charge in [0.1, 0.15) is 5.56 Å². The van der Waals surface area contributed by atoms with E-state index in [0.717, 1.165) is 5.56 Å². The van der Waals surface area contributed by atoms with Gasteiger partial charge in [0.05, 0.1) is 11.0 Å². The van der Waals surface area contributed by atoms with E-state index < -0.39 is 10.8 Å². The molecule has 0 aliphatic carbocycles. The molecule has 2 aromatic rings. The van der Waals surface area contributed by atoms with Crippen LogP contribution in [0.5, 0.6) is 11.5 Å². The molecule has 7 nitrogen and oxygen atoms in total. The standard InChI is InChI=1S/C16H14N2O5/c1-10(11-6-7-14-15(8-11)23-9-22-14)17-16(19)12-4-2-3-5-13(12)18(20)21/h2-8,10H,9H2,1H3,(H,17,19). The molecule has 0 saturated carbocycles. The highest BCUT2D eigenvalue weighted by Gasteiger charge is 2.22. The first-order valence-corrected chi connectivity index (χ1v) is 7.00. The Labute approximate surface area is 132 Å². The number of benzene rings is 2. The van der Waals surface area contributed by atoms with Crippen LogP contribution in [0.2, 0.25) is 0 Å². The molecule has 1 aliphatic heterocycles. The maximum atomic E-state index is 12.3. The van der Waals surface area contributed by atoms with E-state index in [9.17, 15) is 14.9 Å². The lowest BCUT2D eigenvalue weighted by Gasteiger charge is -2.15. The van der Waals surface area contributed by atoms with Gasteiger partial charge in [-0.25, -0.2) is 0 Å². The van der Waals surface area contributed by atoms with E-state index in [2.05, 4.69) is 5.32 Å². The van der Waals surface area contributed by atoms with E-state index in [1.807, 2.05) is 6.07 Å². The van der Waals surface area contributed by atoms with E-state index in [1.165, 1.54) is 18.2 Å². The minimum atomic E-state index is -0.569. The number of fused-ring (bicyclic) bond motifs is 1. The number of hydrogen-bond donors (Lipinski definition) is 1. The lowest BCUT2D eigenvalue weighted by atomic mass is 10.1. The van der Waals surface area contributed by atoms with Gasteiger partial charge in [-0.15, -0.1) is 0 Å². The zero-order chi connectivity index (χ0) is 16.4. The second-order valence-electron chi connectivity index (χ2n) is 5.08. The number of nitro benzene ring substituents is 1. The van der Waals surface area contributed by atoms with Crippen LogP contribution >= 0.6 is 0 Å². The van der Waals surface area contributed by atoms with Crippen molar-refractivity contribution in [1.29, 1.82) is 0 Å². The zero-order valence-electron chi connectivity index (χ0n) is 12.3. The van der Waals surface area contributed by atoms with E-state index in [4.69, 9.17) is 9.47 Å². The topological polar surface area (TPSA) is 90.7 Å². The number of rotatable bonds is 4. The van der Waals surface area contributed by atoms with Gasteiger partial charge in [0.2, 0.25) is 6.79 Å². The van der Waals surface area contributed by atoms with Crippen LogP contribution in [-0.4, -0.2) is 17.6 Å². The van der Waals surface area contributed by atoms with Crippen molar-refractivity contribution in [2.75, 3.05) is 6.79 Å². The predicted octanol–water partition coefficient (Wildman–Crippen LogP) is 2.81. The molecule has 0 fully saturated rings. The normalized spacial score (nSPS) is 13.4. The van der Waals surface area contributed by atoms with Crippen LogP contribution < -0.4 is 14.8 Å². The Morgan fingerprint density at radius 3 is 2.74 bits per heavy atom. The Morgan fingerprint density at radius 1 is 1.22 bits per heavy atom. The maximum absolute atomic E-state index is 12.3. The average molecular weight is 314 g/mol. The van der Waals surface area contributed by atoms with E-state index in [0.29, 0.717) is 11.5 Å². The molecule has 1 amide bonds. The summed E-state index contributed by atoms with van der Waals surface area (Å²) in [6, 6.07) is 10.9. The Kier molecular flexibility index (Phi) is 3.84. The number of nitrogens with one attached hydrogen (secondary N) is 1.